The highest BCUT2D eigenvalue weighted by Crippen LogP contribution is 2.51. The summed E-state index contributed by atoms with van der Waals surface area (Å²) in [4.78, 5) is 41.6. The summed E-state index contributed by atoms with van der Waals surface area (Å²) in [6.07, 6.45) is 14.0. The van der Waals surface area contributed by atoms with Gasteiger partial charge in [-0.15, -0.1) is 0 Å². The minimum absolute atomic E-state index is 0.0363. The molecule has 0 radical (unpaired) electrons. The fraction of sp³-hybridized carbons (Fsp3) is 0.409. The Kier molecular flexibility index (Phi) is 19.8. The van der Waals surface area contributed by atoms with Gasteiger partial charge in [-0.1, -0.05) is 62.4 Å². The van der Waals surface area contributed by atoms with E-state index in [4.69, 9.17) is 9.72 Å². The lowest BCUT2D eigenvalue weighted by atomic mass is 9.79. The van der Waals surface area contributed by atoms with E-state index in [0.717, 1.165) is 58.9 Å². The van der Waals surface area contributed by atoms with E-state index < -0.39 is 62.7 Å². The van der Waals surface area contributed by atoms with Gasteiger partial charge < -0.3 is 34.6 Å². The summed E-state index contributed by atoms with van der Waals surface area (Å²) in [6, 6.07) is 22.0. The van der Waals surface area contributed by atoms with Gasteiger partial charge in [-0.05, 0) is 134 Å². The van der Waals surface area contributed by atoms with Crippen LogP contribution in [0, 0.1) is 0 Å². The van der Waals surface area contributed by atoms with Crippen LogP contribution < -0.4 is 20.3 Å². The van der Waals surface area contributed by atoms with Crippen LogP contribution in [0.1, 0.15) is 106 Å². The highest BCUT2D eigenvalue weighted by Gasteiger charge is 2.46. The number of sulfonamides is 1. The number of aromatic nitrogens is 2. The Bertz CT molecular complexity index is 4530. The van der Waals surface area contributed by atoms with Crippen molar-refractivity contribution in [1.29, 1.82) is 0 Å². The number of methoxy groups -OCH3 is 1. The third kappa shape index (κ3) is 14.7. The molecule has 2 aromatic heterocycles. The quantitative estimate of drug-likeness (QED) is 0.0224. The molecule has 1 fully saturated rings. The summed E-state index contributed by atoms with van der Waals surface area (Å²) in [7, 11) is -14.7. The van der Waals surface area contributed by atoms with Crippen LogP contribution in [0.5, 0.6) is 5.88 Å². The molecule has 4 aliphatic rings. The summed E-state index contributed by atoms with van der Waals surface area (Å²) in [5, 5.41) is 8.74. The van der Waals surface area contributed by atoms with Crippen molar-refractivity contribution in [2.75, 3.05) is 81.7 Å². The first-order valence-electron chi connectivity index (χ1n) is 30.9. The summed E-state index contributed by atoms with van der Waals surface area (Å²) in [5.74, 6) is -0.141. The SMILES string of the molecule is COc1ccc([C@H](C)N2CCN(CCCc3nc4c(cc3CNC(=O)CCCN(C)S(=O)(=O)c3cccc5c6c(ccc35)[N+](CCCS(=O)(=O)O)=C(/C=C/C=C/C=C3/N(CCS(=O)(=O)[O-])c5ccc7ccc(S(=O)(=O)O)cc7c5C3(C)C)C6(C)C)CCCN4)C2=O)cn1. The van der Waals surface area contributed by atoms with E-state index in [9.17, 15) is 56.9 Å². The van der Waals surface area contributed by atoms with Crippen LogP contribution >= 0.6 is 0 Å². The summed E-state index contributed by atoms with van der Waals surface area (Å²) < 4.78 is 142. The van der Waals surface area contributed by atoms with Crippen LogP contribution in [0.15, 0.2) is 131 Å². The van der Waals surface area contributed by atoms with Crippen LogP contribution in [0.25, 0.3) is 21.5 Å². The van der Waals surface area contributed by atoms with Crippen LogP contribution in [0.3, 0.4) is 0 Å². The number of allylic oxidation sites excluding steroid dienone is 6. The van der Waals surface area contributed by atoms with Crippen molar-refractivity contribution in [2.45, 2.75) is 113 Å². The van der Waals surface area contributed by atoms with Gasteiger partial charge in [0.15, 0.2) is 5.71 Å². The van der Waals surface area contributed by atoms with Gasteiger partial charge in [0.1, 0.15) is 12.4 Å². The smallest absolute Gasteiger partial charge is 0.320 e. The molecule has 1 atom stereocenters. The summed E-state index contributed by atoms with van der Waals surface area (Å²) in [5.41, 5.74) is 6.04. The standard InChI is InChI=1S/C66H79N9O14S4/c1-44(47-25-30-60(89-7)69-42-47)73-36-35-72(64(73)77)33-13-18-53-48(40-46-16-12-31-67-63(46)70-53)43-68-59(76)22-14-32-71(6)92(84,85)56-19-11-17-51-50(56)27-29-55-61(51)65(2,3)57(74(55)34-15-38-90(78,79)80)20-9-8-10-21-58-66(4,5)62-52-41-49(93(86,87)88)26-23-45(52)24-28-54(62)75(58)37-39-91(81,82)83/h8-11,17,19-21,23-30,40-42,44H,12-16,18,22,31-39,43H2,1-7H3,(H4-,67,68,70,76,78,79,80,81,82,83,86,87,88)/t44-/m0/s1. The lowest BCUT2D eigenvalue weighted by Gasteiger charge is -2.27. The fourth-order valence-corrected chi connectivity index (χ4v) is 16.2. The Labute approximate surface area is 544 Å². The van der Waals surface area contributed by atoms with Gasteiger partial charge >= 0.3 is 6.03 Å². The van der Waals surface area contributed by atoms with Crippen LogP contribution in [0.2, 0.25) is 0 Å². The van der Waals surface area contributed by atoms with Crippen molar-refractivity contribution in [3.63, 3.8) is 0 Å². The van der Waals surface area contributed by atoms with Crippen molar-refractivity contribution in [1.82, 2.24) is 29.4 Å². The Hall–Kier alpha value is -7.63. The average molecular weight is 1350 g/mol. The topological polar surface area (TPSA) is 309 Å². The number of ether oxygens (including phenoxy) is 1. The van der Waals surface area contributed by atoms with Crippen molar-refractivity contribution in [3.05, 3.63) is 155 Å². The van der Waals surface area contributed by atoms with Gasteiger partial charge in [0.05, 0.1) is 50.0 Å². The third-order valence-electron chi connectivity index (χ3n) is 18.2. The number of carbonyl (C=O) groups excluding carboxylic acids is 2. The van der Waals surface area contributed by atoms with Gasteiger partial charge in [0.2, 0.25) is 27.5 Å². The lowest BCUT2D eigenvalue weighted by molar-refractivity contribution is -0.437. The summed E-state index contributed by atoms with van der Waals surface area (Å²) in [6.45, 7) is 12.5. The minimum Gasteiger partial charge on any atom is -0.748 e. The predicted octanol–water partition coefficient (Wildman–Crippen LogP) is 8.54. The van der Waals surface area contributed by atoms with Crippen molar-refractivity contribution in [2.24, 2.45) is 0 Å². The molecule has 496 valence electrons. The van der Waals surface area contributed by atoms with E-state index in [-0.39, 0.29) is 73.2 Å². The number of rotatable bonds is 26. The summed E-state index contributed by atoms with van der Waals surface area (Å²) >= 11 is 0. The number of aryl methyl sites for hydroxylation is 2. The number of nitrogens with zero attached hydrogens (tertiary/aromatic N) is 7. The number of hydrogen-bond acceptors (Lipinski definition) is 16. The van der Waals surface area contributed by atoms with E-state index in [0.29, 0.717) is 82.5 Å². The molecule has 6 heterocycles. The van der Waals surface area contributed by atoms with Crippen LogP contribution in [-0.4, -0.2) is 165 Å². The molecule has 0 saturated carbocycles. The molecule has 4 aliphatic heterocycles. The molecule has 0 aliphatic carbocycles. The van der Waals surface area contributed by atoms with Crippen LogP contribution in [-0.2, 0) is 75.4 Å². The molecule has 10 rings (SSSR count). The molecule has 23 nitrogen and oxygen atoms in total. The van der Waals surface area contributed by atoms with E-state index in [1.807, 2.05) is 73.3 Å². The molecular formula is C66H79N9O14S4. The second-order valence-electron chi connectivity index (χ2n) is 25.0. The average Bonchev–Trinajstić information content (AvgIpc) is 1.60. The maximum atomic E-state index is 14.6. The van der Waals surface area contributed by atoms with E-state index in [1.54, 1.807) is 85.0 Å². The molecular weight excluding hydrogens is 1270 g/mol. The van der Waals surface area contributed by atoms with Gasteiger partial charge in [-0.3, -0.25) is 13.9 Å². The monoisotopic (exact) mass is 1350 g/mol. The van der Waals surface area contributed by atoms with Gasteiger partial charge in [-0.2, -0.15) is 21.4 Å². The number of pyridine rings is 2. The Morgan fingerprint density at radius 3 is 2.37 bits per heavy atom. The first kappa shape index (κ1) is 68.2. The number of hydrogen-bond donors (Lipinski definition) is 4. The Morgan fingerprint density at radius 2 is 1.65 bits per heavy atom. The Morgan fingerprint density at radius 1 is 0.871 bits per heavy atom. The number of amides is 3. The maximum absolute atomic E-state index is 14.6. The highest BCUT2D eigenvalue weighted by atomic mass is 32.2. The lowest BCUT2D eigenvalue weighted by Crippen LogP contribution is -2.34. The number of anilines is 2. The van der Waals surface area contributed by atoms with Gasteiger partial charge in [0, 0.05) is 124 Å². The zero-order chi connectivity index (χ0) is 67.0. The largest absolute Gasteiger partial charge is 0.748 e. The maximum Gasteiger partial charge on any atom is 0.320 e. The fourth-order valence-electron chi connectivity index (χ4n) is 13.4. The number of benzene rings is 4. The number of nitrogens with one attached hydrogen (secondary N) is 2. The van der Waals surface area contributed by atoms with E-state index >= 15 is 0 Å². The molecule has 1 saturated heterocycles. The molecule has 0 bridgehead atoms. The first-order chi connectivity index (χ1) is 43.9. The molecule has 27 heteroatoms. The van der Waals surface area contributed by atoms with Crippen LogP contribution in [0.4, 0.5) is 22.0 Å². The molecule has 0 unspecified atom stereocenters. The Balaban J connectivity index is 0.820. The molecule has 4 aromatic carbocycles. The highest BCUT2D eigenvalue weighted by molar-refractivity contribution is 7.89. The van der Waals surface area contributed by atoms with Gasteiger partial charge in [-0.25, -0.2) is 35.9 Å². The zero-order valence-electron chi connectivity index (χ0n) is 53.1. The second kappa shape index (κ2) is 27.0. The number of fused-ring (bicyclic) bond motifs is 7. The van der Waals surface area contributed by atoms with E-state index in [1.165, 1.54) is 23.5 Å². The van der Waals surface area contributed by atoms with Crippen molar-refractivity contribution < 1.29 is 66.2 Å². The molecule has 0 spiro atoms. The van der Waals surface area contributed by atoms with Gasteiger partial charge in [0.25, 0.3) is 20.2 Å². The molecule has 3 amide bonds. The predicted molar refractivity (Wildman–Crippen MR) is 356 cm³/mol. The third-order valence-corrected chi connectivity index (χ3v) is 22.4. The zero-order valence-corrected chi connectivity index (χ0v) is 56.4. The van der Waals surface area contributed by atoms with Crippen molar-refractivity contribution >= 4 is 96.8 Å². The molecule has 6 aromatic rings. The number of urea groups is 1. The number of carbonyl (C=O) groups is 2. The van der Waals surface area contributed by atoms with Crippen molar-refractivity contribution in [3.8, 4) is 5.88 Å². The molecule has 93 heavy (non-hydrogen) atoms. The first-order valence-corrected chi connectivity index (χ1v) is 37.0. The minimum atomic E-state index is -4.66. The van der Waals surface area contributed by atoms with E-state index in [2.05, 4.69) is 21.7 Å². The molecule has 4 N–H and O–H groups in total. The normalized spacial score (nSPS) is 17.3. The second-order valence-corrected chi connectivity index (χ2v) is 31.5.